The van der Waals surface area contributed by atoms with Crippen molar-refractivity contribution in [2.75, 3.05) is 0 Å². The minimum atomic E-state index is 0.575. The minimum absolute atomic E-state index is 0.575. The van der Waals surface area contributed by atoms with Crippen molar-refractivity contribution in [2.45, 2.75) is 0 Å². The molecule has 0 N–H and O–H groups in total. The van der Waals surface area contributed by atoms with Gasteiger partial charge in [-0.25, -0.2) is 9.97 Å². The smallest absolute Gasteiger partial charge is 0.238 e. The molecule has 0 unspecified atom stereocenters. The topological polar surface area (TPSA) is 56.5 Å². The van der Waals surface area contributed by atoms with Gasteiger partial charge in [-0.2, -0.15) is 9.97 Å². The summed E-state index contributed by atoms with van der Waals surface area (Å²) in [5, 5.41) is 5.57. The van der Waals surface area contributed by atoms with Gasteiger partial charge in [0.05, 0.1) is 21.3 Å². The van der Waals surface area contributed by atoms with E-state index in [0.29, 0.717) is 17.6 Å². The normalized spacial score (nSPS) is 11.9. The SMILES string of the molecule is c1ccc2sc(-c3nc(-c4cccc5c4sc4ccccc45)nc(-n4c5ccccc5c5ccccc54)n3)nc2c1. The van der Waals surface area contributed by atoms with Crippen molar-refractivity contribution in [2.24, 2.45) is 0 Å². The molecule has 9 aromatic rings. The first-order valence-electron chi connectivity index (χ1n) is 13.3. The molecule has 5 nitrogen and oxygen atoms in total. The molecule has 0 spiro atoms. The molecule has 0 atom stereocenters. The Morgan fingerprint density at radius 3 is 1.88 bits per heavy atom. The summed E-state index contributed by atoms with van der Waals surface area (Å²) in [5.74, 6) is 1.80. The van der Waals surface area contributed by atoms with Gasteiger partial charge in [-0.15, -0.1) is 22.7 Å². The van der Waals surface area contributed by atoms with Crippen molar-refractivity contribution in [1.29, 1.82) is 0 Å². The van der Waals surface area contributed by atoms with E-state index in [2.05, 4.69) is 102 Å². The van der Waals surface area contributed by atoms with E-state index in [-0.39, 0.29) is 0 Å². The van der Waals surface area contributed by atoms with Gasteiger partial charge in [-0.1, -0.05) is 78.9 Å². The van der Waals surface area contributed by atoms with Crippen molar-refractivity contribution < 1.29 is 0 Å². The summed E-state index contributed by atoms with van der Waals surface area (Å²) in [5.41, 5.74) is 4.05. The Hall–Kier alpha value is -4.98. The van der Waals surface area contributed by atoms with Crippen LogP contribution in [0.15, 0.2) is 115 Å². The molecule has 7 heteroatoms. The zero-order valence-electron chi connectivity index (χ0n) is 21.5. The maximum atomic E-state index is 5.17. The molecule has 5 aromatic carbocycles. The van der Waals surface area contributed by atoms with Crippen molar-refractivity contribution >= 4 is 74.9 Å². The number of nitrogens with zero attached hydrogens (tertiary/aromatic N) is 5. The number of benzene rings is 5. The van der Waals surface area contributed by atoms with Crippen LogP contribution in [0.5, 0.6) is 0 Å². The number of rotatable bonds is 3. The second-order valence-corrected chi connectivity index (χ2v) is 12.0. The van der Waals surface area contributed by atoms with E-state index in [1.165, 1.54) is 30.9 Å². The third-order valence-corrected chi connectivity index (χ3v) is 9.79. The summed E-state index contributed by atoms with van der Waals surface area (Å²) in [7, 11) is 0. The molecule has 0 fully saturated rings. The van der Waals surface area contributed by atoms with Gasteiger partial charge in [0.25, 0.3) is 0 Å². The van der Waals surface area contributed by atoms with Crippen LogP contribution in [0.4, 0.5) is 0 Å². The van der Waals surface area contributed by atoms with Crippen LogP contribution < -0.4 is 0 Å². The van der Waals surface area contributed by atoms with Crippen molar-refractivity contribution in [3.05, 3.63) is 115 Å². The maximum Gasteiger partial charge on any atom is 0.238 e. The molecule has 0 aliphatic carbocycles. The zero-order valence-corrected chi connectivity index (χ0v) is 23.2. The van der Waals surface area contributed by atoms with Crippen LogP contribution >= 0.6 is 22.7 Å². The standard InChI is InChI=1S/C34H19N5S2/c1-5-16-26-20(10-1)21-11-2-6-17-27(21)39(26)34-37-31(36-32(38-34)33-35-25-15-4-8-19-29(25)41-33)24-14-9-13-23-22-12-3-7-18-28(22)40-30(23)24/h1-19H. The van der Waals surface area contributed by atoms with Crippen molar-refractivity contribution in [3.8, 4) is 28.2 Å². The first kappa shape index (κ1) is 22.8. The molecule has 0 aliphatic rings. The summed E-state index contributed by atoms with van der Waals surface area (Å²) >= 11 is 3.38. The predicted molar refractivity (Wildman–Crippen MR) is 171 cm³/mol. The van der Waals surface area contributed by atoms with E-state index in [9.17, 15) is 0 Å². The lowest BCUT2D eigenvalue weighted by molar-refractivity contribution is 0.953. The number of aromatic nitrogens is 5. The van der Waals surface area contributed by atoms with Crippen LogP contribution in [0, 0.1) is 0 Å². The van der Waals surface area contributed by atoms with E-state index in [1.807, 2.05) is 18.2 Å². The fraction of sp³-hybridized carbons (Fsp3) is 0. The monoisotopic (exact) mass is 561 g/mol. The van der Waals surface area contributed by atoms with Gasteiger partial charge in [-0.05, 0) is 36.4 Å². The fourth-order valence-corrected chi connectivity index (χ4v) is 7.82. The number of hydrogen-bond acceptors (Lipinski definition) is 6. The first-order chi connectivity index (χ1) is 20.3. The molecular weight excluding hydrogens is 543 g/mol. The highest BCUT2D eigenvalue weighted by Gasteiger charge is 2.20. The van der Waals surface area contributed by atoms with Gasteiger partial charge < -0.3 is 0 Å². The van der Waals surface area contributed by atoms with Gasteiger partial charge in [0, 0.05) is 36.5 Å². The summed E-state index contributed by atoms with van der Waals surface area (Å²) in [4.78, 5) is 20.3. The van der Waals surface area contributed by atoms with Crippen LogP contribution in [0.25, 0.3) is 80.4 Å². The molecular formula is C34H19N5S2. The Morgan fingerprint density at radius 2 is 1.10 bits per heavy atom. The van der Waals surface area contributed by atoms with E-state index in [0.717, 1.165) is 31.8 Å². The van der Waals surface area contributed by atoms with Crippen LogP contribution in [0.3, 0.4) is 0 Å². The molecule has 0 saturated heterocycles. The van der Waals surface area contributed by atoms with Crippen LogP contribution in [0.2, 0.25) is 0 Å². The second-order valence-electron chi connectivity index (χ2n) is 9.92. The second kappa shape index (κ2) is 8.76. The Labute approximate surface area is 242 Å². The van der Waals surface area contributed by atoms with Gasteiger partial charge >= 0.3 is 0 Å². The predicted octanol–water partition coefficient (Wildman–Crippen LogP) is 9.28. The molecule has 192 valence electrons. The quantitative estimate of drug-likeness (QED) is 0.216. The molecule has 0 bridgehead atoms. The Morgan fingerprint density at radius 1 is 0.463 bits per heavy atom. The third kappa shape index (κ3) is 3.46. The summed E-state index contributed by atoms with van der Waals surface area (Å²) in [6.45, 7) is 0. The highest BCUT2D eigenvalue weighted by atomic mass is 32.1. The minimum Gasteiger partial charge on any atom is -0.278 e. The maximum absolute atomic E-state index is 5.17. The van der Waals surface area contributed by atoms with E-state index >= 15 is 0 Å². The van der Waals surface area contributed by atoms with Gasteiger partial charge in [0.1, 0.15) is 0 Å². The van der Waals surface area contributed by atoms with Crippen molar-refractivity contribution in [1.82, 2.24) is 24.5 Å². The lowest BCUT2D eigenvalue weighted by atomic mass is 10.1. The largest absolute Gasteiger partial charge is 0.278 e. The molecule has 0 amide bonds. The summed E-state index contributed by atoms with van der Waals surface area (Å²) in [6, 6.07) is 39.9. The number of thiophene rings is 1. The first-order valence-corrected chi connectivity index (χ1v) is 15.0. The average Bonchev–Trinajstić information content (AvgIpc) is 3.72. The molecule has 0 aliphatic heterocycles. The number of thiazole rings is 1. The zero-order chi connectivity index (χ0) is 26.9. The number of para-hydroxylation sites is 3. The molecule has 4 heterocycles. The van der Waals surface area contributed by atoms with E-state index in [4.69, 9.17) is 19.9 Å². The Bertz CT molecular complexity index is 2360. The van der Waals surface area contributed by atoms with Gasteiger partial charge in [0.15, 0.2) is 16.7 Å². The van der Waals surface area contributed by atoms with Crippen molar-refractivity contribution in [3.63, 3.8) is 0 Å². The molecule has 4 aromatic heterocycles. The summed E-state index contributed by atoms with van der Waals surface area (Å²) < 4.78 is 5.67. The number of fused-ring (bicyclic) bond motifs is 7. The molecule has 41 heavy (non-hydrogen) atoms. The number of hydrogen-bond donors (Lipinski definition) is 0. The highest BCUT2D eigenvalue weighted by molar-refractivity contribution is 7.26. The Balaban J connectivity index is 1.38. The highest BCUT2D eigenvalue weighted by Crippen LogP contribution is 2.40. The summed E-state index contributed by atoms with van der Waals surface area (Å²) in [6.07, 6.45) is 0. The molecule has 9 rings (SSSR count). The van der Waals surface area contributed by atoms with Crippen LogP contribution in [0.1, 0.15) is 0 Å². The van der Waals surface area contributed by atoms with E-state index < -0.39 is 0 Å². The van der Waals surface area contributed by atoms with Crippen LogP contribution in [-0.2, 0) is 0 Å². The lowest BCUT2D eigenvalue weighted by Crippen LogP contribution is -2.06. The van der Waals surface area contributed by atoms with E-state index in [1.54, 1.807) is 22.7 Å². The Kier molecular flexibility index (Phi) is 4.87. The van der Waals surface area contributed by atoms with Gasteiger partial charge in [0.2, 0.25) is 5.95 Å². The molecule has 0 saturated carbocycles. The average molecular weight is 562 g/mol. The lowest BCUT2D eigenvalue weighted by Gasteiger charge is -2.10. The fourth-order valence-electron chi connectivity index (χ4n) is 5.71. The van der Waals surface area contributed by atoms with Gasteiger partial charge in [-0.3, -0.25) is 4.57 Å². The van der Waals surface area contributed by atoms with Crippen LogP contribution in [-0.4, -0.2) is 24.5 Å². The third-order valence-electron chi connectivity index (χ3n) is 7.53. The molecule has 0 radical (unpaired) electrons.